The maximum Gasteiger partial charge on any atom is 0.270 e. The Labute approximate surface area is 148 Å². The third kappa shape index (κ3) is 4.21. The number of carbonyl (C=O) groups excluding carboxylic acids is 1. The maximum absolute atomic E-state index is 12.2. The molecule has 3 aromatic rings. The smallest absolute Gasteiger partial charge is 0.270 e. The predicted molar refractivity (Wildman–Crippen MR) is 93.8 cm³/mol. The van der Waals surface area contributed by atoms with Crippen LogP contribution >= 0.6 is 11.6 Å². The van der Waals surface area contributed by atoms with E-state index >= 15 is 0 Å². The van der Waals surface area contributed by atoms with Crippen molar-refractivity contribution in [3.63, 3.8) is 0 Å². The Morgan fingerprint density at radius 2 is 2.04 bits per heavy atom. The summed E-state index contributed by atoms with van der Waals surface area (Å²) in [5, 5.41) is 18.3. The average Bonchev–Trinajstić information content (AvgIpc) is 3.02. The SMILES string of the molecule is O=C(Nc1cnn(Cc2cccc(Cl)c2)c1)c1cccc([N+](=O)[O-])c1. The molecule has 25 heavy (non-hydrogen) atoms. The van der Waals surface area contributed by atoms with E-state index in [1.807, 2.05) is 18.2 Å². The number of nitrogens with zero attached hydrogens (tertiary/aromatic N) is 3. The van der Waals surface area contributed by atoms with Crippen molar-refractivity contribution < 1.29 is 9.72 Å². The van der Waals surface area contributed by atoms with E-state index in [1.54, 1.807) is 16.9 Å². The van der Waals surface area contributed by atoms with Gasteiger partial charge in [-0.1, -0.05) is 29.8 Å². The van der Waals surface area contributed by atoms with E-state index < -0.39 is 10.8 Å². The van der Waals surface area contributed by atoms with E-state index in [0.717, 1.165) is 5.56 Å². The first-order valence-corrected chi connectivity index (χ1v) is 7.72. The largest absolute Gasteiger partial charge is 0.319 e. The minimum atomic E-state index is -0.542. The van der Waals surface area contributed by atoms with E-state index in [0.29, 0.717) is 17.3 Å². The molecule has 7 nitrogen and oxygen atoms in total. The van der Waals surface area contributed by atoms with Gasteiger partial charge in [-0.15, -0.1) is 0 Å². The van der Waals surface area contributed by atoms with Crippen LogP contribution in [0.25, 0.3) is 0 Å². The van der Waals surface area contributed by atoms with E-state index in [9.17, 15) is 14.9 Å². The van der Waals surface area contributed by atoms with Gasteiger partial charge in [0.15, 0.2) is 0 Å². The minimum absolute atomic E-state index is 0.135. The Hall–Kier alpha value is -3.19. The number of non-ortho nitro benzene ring substituents is 1. The van der Waals surface area contributed by atoms with Crippen LogP contribution in [0.4, 0.5) is 11.4 Å². The van der Waals surface area contributed by atoms with Crippen LogP contribution in [0, 0.1) is 10.1 Å². The van der Waals surface area contributed by atoms with Gasteiger partial charge in [-0.3, -0.25) is 19.6 Å². The first kappa shape index (κ1) is 16.7. The zero-order chi connectivity index (χ0) is 17.8. The van der Waals surface area contributed by atoms with Gasteiger partial charge in [0.2, 0.25) is 0 Å². The van der Waals surface area contributed by atoms with Crippen LogP contribution < -0.4 is 5.32 Å². The molecule has 126 valence electrons. The third-order valence-corrected chi connectivity index (χ3v) is 3.68. The summed E-state index contributed by atoms with van der Waals surface area (Å²) in [6, 6.07) is 12.9. The van der Waals surface area contributed by atoms with Crippen LogP contribution in [0.2, 0.25) is 5.02 Å². The second-order valence-corrected chi connectivity index (χ2v) is 5.75. The van der Waals surface area contributed by atoms with E-state index in [-0.39, 0.29) is 11.3 Å². The van der Waals surface area contributed by atoms with Crippen LogP contribution in [0.15, 0.2) is 60.9 Å². The van der Waals surface area contributed by atoms with E-state index in [1.165, 1.54) is 30.5 Å². The van der Waals surface area contributed by atoms with Gasteiger partial charge in [-0.05, 0) is 23.8 Å². The molecule has 0 bridgehead atoms. The summed E-state index contributed by atoms with van der Waals surface area (Å²) in [6.45, 7) is 0.507. The predicted octanol–water partition coefficient (Wildman–Crippen LogP) is 3.75. The molecule has 0 aliphatic rings. The van der Waals surface area contributed by atoms with Crippen LogP contribution in [0.5, 0.6) is 0 Å². The fourth-order valence-electron chi connectivity index (χ4n) is 2.30. The van der Waals surface area contributed by atoms with Gasteiger partial charge in [0.05, 0.1) is 23.4 Å². The van der Waals surface area contributed by atoms with Crippen molar-refractivity contribution in [2.24, 2.45) is 0 Å². The fourth-order valence-corrected chi connectivity index (χ4v) is 2.51. The number of nitro groups is 1. The molecule has 1 aromatic heterocycles. The molecule has 0 aliphatic heterocycles. The van der Waals surface area contributed by atoms with Gasteiger partial charge < -0.3 is 5.32 Å². The highest BCUT2D eigenvalue weighted by molar-refractivity contribution is 6.30. The zero-order valence-electron chi connectivity index (χ0n) is 12.9. The Morgan fingerprint density at radius 3 is 2.80 bits per heavy atom. The van der Waals surface area contributed by atoms with Crippen molar-refractivity contribution in [1.82, 2.24) is 9.78 Å². The molecule has 3 rings (SSSR count). The number of amides is 1. The molecule has 1 amide bonds. The molecule has 0 spiro atoms. The second kappa shape index (κ2) is 7.14. The van der Waals surface area contributed by atoms with Crippen LogP contribution in [0.3, 0.4) is 0 Å². The summed E-state index contributed by atoms with van der Waals surface area (Å²) in [4.78, 5) is 22.5. The summed E-state index contributed by atoms with van der Waals surface area (Å²) in [7, 11) is 0. The molecule has 0 fully saturated rings. The van der Waals surface area contributed by atoms with Crippen molar-refractivity contribution in [3.05, 3.63) is 87.2 Å². The lowest BCUT2D eigenvalue weighted by Crippen LogP contribution is -2.11. The fraction of sp³-hybridized carbons (Fsp3) is 0.0588. The molecule has 0 aliphatic carbocycles. The average molecular weight is 357 g/mol. The highest BCUT2D eigenvalue weighted by atomic mass is 35.5. The highest BCUT2D eigenvalue weighted by Gasteiger charge is 2.12. The molecule has 0 atom stereocenters. The number of nitro benzene ring substituents is 1. The molecule has 0 saturated carbocycles. The third-order valence-electron chi connectivity index (χ3n) is 3.44. The standard InChI is InChI=1S/C17H13ClN4O3/c18-14-5-1-3-12(7-14)10-21-11-15(9-19-21)20-17(23)13-4-2-6-16(8-13)22(24)25/h1-9,11H,10H2,(H,20,23). The van der Waals surface area contributed by atoms with E-state index in [2.05, 4.69) is 10.4 Å². The summed E-state index contributed by atoms with van der Waals surface area (Å²) in [5.41, 5.74) is 1.55. The normalized spacial score (nSPS) is 10.4. The van der Waals surface area contributed by atoms with Gasteiger partial charge >= 0.3 is 0 Å². The topological polar surface area (TPSA) is 90.1 Å². The van der Waals surface area contributed by atoms with Crippen LogP contribution in [0.1, 0.15) is 15.9 Å². The van der Waals surface area contributed by atoms with Gasteiger partial charge in [0, 0.05) is 28.9 Å². The molecular formula is C17H13ClN4O3. The molecule has 1 heterocycles. The number of anilines is 1. The number of benzene rings is 2. The Kier molecular flexibility index (Phi) is 4.76. The molecule has 8 heteroatoms. The lowest BCUT2D eigenvalue weighted by molar-refractivity contribution is -0.384. The zero-order valence-corrected chi connectivity index (χ0v) is 13.7. The van der Waals surface area contributed by atoms with Crippen molar-refractivity contribution in [2.45, 2.75) is 6.54 Å². The summed E-state index contributed by atoms with van der Waals surface area (Å²) < 4.78 is 1.66. The summed E-state index contributed by atoms with van der Waals surface area (Å²) in [5.74, 6) is -0.439. The molecule has 0 unspecified atom stereocenters. The lowest BCUT2D eigenvalue weighted by Gasteiger charge is -2.03. The number of halogens is 1. The van der Waals surface area contributed by atoms with Crippen molar-refractivity contribution in [3.8, 4) is 0 Å². The second-order valence-electron chi connectivity index (χ2n) is 5.32. The van der Waals surface area contributed by atoms with Crippen molar-refractivity contribution >= 4 is 28.9 Å². The maximum atomic E-state index is 12.2. The molecule has 0 radical (unpaired) electrons. The number of hydrogen-bond donors (Lipinski definition) is 1. The Bertz CT molecular complexity index is 939. The summed E-state index contributed by atoms with van der Waals surface area (Å²) >= 11 is 5.95. The van der Waals surface area contributed by atoms with Gasteiger partial charge in [0.25, 0.3) is 11.6 Å². The highest BCUT2D eigenvalue weighted by Crippen LogP contribution is 2.16. The minimum Gasteiger partial charge on any atom is -0.319 e. The Balaban J connectivity index is 1.69. The molecular weight excluding hydrogens is 344 g/mol. The lowest BCUT2D eigenvalue weighted by atomic mass is 10.2. The summed E-state index contributed by atoms with van der Waals surface area (Å²) in [6.07, 6.45) is 3.19. The van der Waals surface area contributed by atoms with Gasteiger partial charge in [-0.25, -0.2) is 0 Å². The van der Waals surface area contributed by atoms with Crippen LogP contribution in [-0.2, 0) is 6.54 Å². The number of hydrogen-bond acceptors (Lipinski definition) is 4. The van der Waals surface area contributed by atoms with Crippen molar-refractivity contribution in [1.29, 1.82) is 0 Å². The van der Waals surface area contributed by atoms with Gasteiger partial charge in [0.1, 0.15) is 0 Å². The molecule has 0 saturated heterocycles. The van der Waals surface area contributed by atoms with Crippen LogP contribution in [-0.4, -0.2) is 20.6 Å². The first-order valence-electron chi connectivity index (χ1n) is 7.34. The number of rotatable bonds is 5. The molecule has 1 N–H and O–H groups in total. The molecule has 2 aromatic carbocycles. The monoisotopic (exact) mass is 356 g/mol. The number of carbonyl (C=O) groups is 1. The van der Waals surface area contributed by atoms with Gasteiger partial charge in [-0.2, -0.15) is 5.10 Å². The Morgan fingerprint density at radius 1 is 1.24 bits per heavy atom. The number of nitrogens with one attached hydrogen (secondary N) is 1. The van der Waals surface area contributed by atoms with E-state index in [4.69, 9.17) is 11.6 Å². The quantitative estimate of drug-likeness (QED) is 0.557. The number of aromatic nitrogens is 2. The van der Waals surface area contributed by atoms with Crippen molar-refractivity contribution in [2.75, 3.05) is 5.32 Å². The first-order chi connectivity index (χ1) is 12.0.